The summed E-state index contributed by atoms with van der Waals surface area (Å²) in [6.45, 7) is 0.323. The molecule has 24 heavy (non-hydrogen) atoms. The lowest BCUT2D eigenvalue weighted by Crippen LogP contribution is -2.24. The quantitative estimate of drug-likeness (QED) is 0.691. The lowest BCUT2D eigenvalue weighted by Gasteiger charge is -2.18. The second-order valence-electron chi connectivity index (χ2n) is 6.40. The largest absolute Gasteiger partial charge is 0.377 e. The number of hydrogen-bond acceptors (Lipinski definition) is 5. The zero-order valence-corrected chi connectivity index (χ0v) is 13.8. The summed E-state index contributed by atoms with van der Waals surface area (Å²) in [6, 6.07) is 2.24. The maximum atomic E-state index is 13.0. The highest BCUT2D eigenvalue weighted by Gasteiger charge is 2.17. The van der Waals surface area contributed by atoms with E-state index in [0.29, 0.717) is 29.6 Å². The van der Waals surface area contributed by atoms with Crippen molar-refractivity contribution in [3.05, 3.63) is 34.6 Å². The molecule has 0 radical (unpaired) electrons. The van der Waals surface area contributed by atoms with Crippen LogP contribution in [0.15, 0.2) is 23.3 Å². The van der Waals surface area contributed by atoms with E-state index in [0.717, 1.165) is 18.4 Å². The predicted octanol–water partition coefficient (Wildman–Crippen LogP) is 2.48. The molecule has 7 nitrogen and oxygen atoms in total. The van der Waals surface area contributed by atoms with Crippen LogP contribution in [0.25, 0.3) is 16.7 Å². The Kier molecular flexibility index (Phi) is 4.02. The summed E-state index contributed by atoms with van der Waals surface area (Å²) in [5, 5.41) is 4.99. The zero-order valence-electron chi connectivity index (χ0n) is 13.8. The van der Waals surface area contributed by atoms with Gasteiger partial charge >= 0.3 is 0 Å². The molecular weight excluding hydrogens is 306 g/mol. The minimum atomic E-state index is 0.0117. The average Bonchev–Trinajstić information content (AvgIpc) is 2.81. The van der Waals surface area contributed by atoms with Crippen LogP contribution in [-0.4, -0.2) is 31.3 Å². The number of methoxy groups -OCH3 is 1. The first-order valence-electron chi connectivity index (χ1n) is 8.52. The maximum Gasteiger partial charge on any atom is 0.261 e. The van der Waals surface area contributed by atoms with Gasteiger partial charge in [0.05, 0.1) is 10.9 Å². The van der Waals surface area contributed by atoms with Crippen LogP contribution in [0.1, 0.15) is 50.4 Å². The van der Waals surface area contributed by atoms with Gasteiger partial charge in [-0.15, -0.1) is 5.10 Å². The van der Waals surface area contributed by atoms with Crippen molar-refractivity contribution in [1.29, 1.82) is 0 Å². The van der Waals surface area contributed by atoms with Crippen molar-refractivity contribution in [3.63, 3.8) is 0 Å². The van der Waals surface area contributed by atoms with Crippen molar-refractivity contribution in [2.75, 3.05) is 7.11 Å². The first-order chi connectivity index (χ1) is 11.8. The first-order valence-corrected chi connectivity index (χ1v) is 8.52. The molecule has 0 bridgehead atoms. The molecule has 3 heterocycles. The minimum Gasteiger partial charge on any atom is -0.377 e. The molecular formula is C17H21N5O2. The van der Waals surface area contributed by atoms with Crippen LogP contribution in [0.3, 0.4) is 0 Å². The third-order valence-corrected chi connectivity index (χ3v) is 4.80. The Morgan fingerprint density at radius 2 is 2.04 bits per heavy atom. The highest BCUT2D eigenvalue weighted by Crippen LogP contribution is 2.26. The summed E-state index contributed by atoms with van der Waals surface area (Å²) in [4.78, 5) is 21.6. The van der Waals surface area contributed by atoms with Crippen LogP contribution >= 0.6 is 0 Å². The van der Waals surface area contributed by atoms with Crippen molar-refractivity contribution < 1.29 is 4.74 Å². The van der Waals surface area contributed by atoms with E-state index < -0.39 is 0 Å². The van der Waals surface area contributed by atoms with Crippen LogP contribution in [0, 0.1) is 0 Å². The van der Waals surface area contributed by atoms with Crippen LogP contribution in [0.4, 0.5) is 0 Å². The van der Waals surface area contributed by atoms with Gasteiger partial charge in [-0.2, -0.15) is 9.50 Å². The Bertz CT molecular complexity index is 922. The fraction of sp³-hybridized carbons (Fsp3) is 0.529. The Morgan fingerprint density at radius 1 is 1.25 bits per heavy atom. The van der Waals surface area contributed by atoms with Gasteiger partial charge in [-0.3, -0.25) is 4.79 Å². The van der Waals surface area contributed by atoms with Crippen LogP contribution < -0.4 is 5.56 Å². The molecule has 1 fully saturated rings. The van der Waals surface area contributed by atoms with E-state index in [1.54, 1.807) is 17.8 Å². The second kappa shape index (κ2) is 6.32. The summed E-state index contributed by atoms with van der Waals surface area (Å²) in [5.41, 5.74) is 0.752. The summed E-state index contributed by atoms with van der Waals surface area (Å²) in [7, 11) is 1.60. The molecule has 3 aromatic heterocycles. The molecule has 1 aliphatic rings. The summed E-state index contributed by atoms with van der Waals surface area (Å²) < 4.78 is 8.58. The van der Waals surface area contributed by atoms with Gasteiger partial charge in [0.25, 0.3) is 11.3 Å². The topological polar surface area (TPSA) is 74.3 Å². The molecule has 1 aliphatic carbocycles. The van der Waals surface area contributed by atoms with E-state index in [4.69, 9.17) is 4.74 Å². The Balaban J connectivity index is 1.83. The standard InChI is InChI=1S/C17H21N5O2/c1-24-11-15-19-17-18-10-13-14(22(17)20-15)8-9-21(16(13)23)12-6-4-2-3-5-7-12/h8-10,12H,2-7,11H2,1H3. The average molecular weight is 327 g/mol. The molecule has 7 heteroatoms. The van der Waals surface area contributed by atoms with E-state index in [-0.39, 0.29) is 5.56 Å². The zero-order chi connectivity index (χ0) is 16.5. The highest BCUT2D eigenvalue weighted by atomic mass is 16.5. The first kappa shape index (κ1) is 15.3. The molecule has 126 valence electrons. The van der Waals surface area contributed by atoms with E-state index in [1.807, 2.05) is 16.8 Å². The van der Waals surface area contributed by atoms with Gasteiger partial charge < -0.3 is 9.30 Å². The third kappa shape index (κ3) is 2.58. The van der Waals surface area contributed by atoms with Gasteiger partial charge in [0, 0.05) is 25.5 Å². The van der Waals surface area contributed by atoms with Gasteiger partial charge in [-0.1, -0.05) is 25.7 Å². The van der Waals surface area contributed by atoms with Crippen molar-refractivity contribution in [2.24, 2.45) is 0 Å². The van der Waals surface area contributed by atoms with Crippen LogP contribution in [0.5, 0.6) is 0 Å². The number of aromatic nitrogens is 5. The number of fused-ring (bicyclic) bond motifs is 3. The van der Waals surface area contributed by atoms with E-state index in [9.17, 15) is 4.79 Å². The van der Waals surface area contributed by atoms with Crippen molar-refractivity contribution >= 4 is 16.7 Å². The van der Waals surface area contributed by atoms with Gasteiger partial charge in [0.1, 0.15) is 6.61 Å². The molecule has 1 saturated carbocycles. The number of ether oxygens (including phenoxy) is 1. The monoisotopic (exact) mass is 327 g/mol. The maximum absolute atomic E-state index is 13.0. The Morgan fingerprint density at radius 3 is 2.79 bits per heavy atom. The van der Waals surface area contributed by atoms with Gasteiger partial charge in [-0.05, 0) is 18.9 Å². The molecule has 0 aliphatic heterocycles. The lowest BCUT2D eigenvalue weighted by atomic mass is 10.1. The number of pyridine rings is 1. The molecule has 0 spiro atoms. The molecule has 3 aromatic rings. The van der Waals surface area contributed by atoms with Crippen molar-refractivity contribution in [3.8, 4) is 0 Å². The Hall–Kier alpha value is -2.28. The second-order valence-corrected chi connectivity index (χ2v) is 6.40. The van der Waals surface area contributed by atoms with Crippen LogP contribution in [-0.2, 0) is 11.3 Å². The molecule has 0 amide bonds. The van der Waals surface area contributed by atoms with Gasteiger partial charge in [0.15, 0.2) is 5.82 Å². The van der Waals surface area contributed by atoms with E-state index in [1.165, 1.54) is 25.7 Å². The summed E-state index contributed by atoms with van der Waals surface area (Å²) >= 11 is 0. The van der Waals surface area contributed by atoms with E-state index >= 15 is 0 Å². The molecule has 0 N–H and O–H groups in total. The SMILES string of the molecule is COCc1nc2ncc3c(=O)n(C4CCCCCC4)ccc3n2n1. The minimum absolute atomic E-state index is 0.0117. The highest BCUT2D eigenvalue weighted by molar-refractivity contribution is 5.78. The van der Waals surface area contributed by atoms with Gasteiger partial charge in [-0.25, -0.2) is 4.98 Å². The summed E-state index contributed by atoms with van der Waals surface area (Å²) in [5.74, 6) is 1.05. The predicted molar refractivity (Wildman–Crippen MR) is 90.0 cm³/mol. The Labute approximate surface area is 139 Å². The van der Waals surface area contributed by atoms with Crippen molar-refractivity contribution in [2.45, 2.75) is 51.2 Å². The normalized spacial score (nSPS) is 16.7. The molecule has 4 rings (SSSR count). The number of hydrogen-bond donors (Lipinski definition) is 0. The van der Waals surface area contributed by atoms with Crippen LogP contribution in [0.2, 0.25) is 0 Å². The molecule has 0 unspecified atom stereocenters. The molecule has 0 aromatic carbocycles. The fourth-order valence-corrected chi connectivity index (χ4v) is 3.59. The third-order valence-electron chi connectivity index (χ3n) is 4.80. The van der Waals surface area contributed by atoms with Crippen molar-refractivity contribution in [1.82, 2.24) is 24.1 Å². The fourth-order valence-electron chi connectivity index (χ4n) is 3.59. The summed E-state index contributed by atoms with van der Waals surface area (Å²) in [6.07, 6.45) is 10.6. The molecule has 0 saturated heterocycles. The van der Waals surface area contributed by atoms with E-state index in [2.05, 4.69) is 15.1 Å². The number of rotatable bonds is 3. The smallest absolute Gasteiger partial charge is 0.261 e. The number of nitrogens with zero attached hydrogens (tertiary/aromatic N) is 5. The molecule has 0 atom stereocenters. The van der Waals surface area contributed by atoms with Gasteiger partial charge in [0.2, 0.25) is 0 Å². The lowest BCUT2D eigenvalue weighted by molar-refractivity contribution is 0.178.